The summed E-state index contributed by atoms with van der Waals surface area (Å²) in [6, 6.07) is 5.40. The Bertz CT molecular complexity index is 1580. The van der Waals surface area contributed by atoms with E-state index in [0.717, 1.165) is 48.2 Å². The first-order valence-electron chi connectivity index (χ1n) is 10.2. The van der Waals surface area contributed by atoms with Crippen LogP contribution in [0.3, 0.4) is 0 Å². The van der Waals surface area contributed by atoms with Gasteiger partial charge in [-0.1, -0.05) is 47.9 Å². The lowest BCUT2D eigenvalue weighted by atomic mass is 10.2. The lowest BCUT2D eigenvalue weighted by Crippen LogP contribution is -2.36. The van der Waals surface area contributed by atoms with E-state index in [2.05, 4.69) is 4.85 Å². The highest BCUT2D eigenvalue weighted by Gasteiger charge is 2.35. The zero-order chi connectivity index (χ0) is 26.1. The second-order valence-electron chi connectivity index (χ2n) is 7.32. The first kappa shape index (κ1) is 25.7. The Morgan fingerprint density at radius 1 is 1.11 bits per heavy atom. The van der Waals surface area contributed by atoms with Crippen molar-refractivity contribution in [1.82, 2.24) is 9.47 Å². The van der Waals surface area contributed by atoms with Crippen LogP contribution in [0.5, 0.6) is 0 Å². The van der Waals surface area contributed by atoms with Gasteiger partial charge in [0.15, 0.2) is 5.69 Å². The largest absolute Gasteiger partial charge is 0.480 e. The number of thiazole rings is 1. The molecule has 1 amide bonds. The molecule has 0 atom stereocenters. The summed E-state index contributed by atoms with van der Waals surface area (Å²) in [6.07, 6.45) is 3.31. The van der Waals surface area contributed by atoms with E-state index in [1.54, 1.807) is 24.3 Å². The summed E-state index contributed by atoms with van der Waals surface area (Å²) < 4.78 is 1.32. The number of anilines is 1. The second-order valence-corrected chi connectivity index (χ2v) is 11.1. The van der Waals surface area contributed by atoms with Crippen molar-refractivity contribution in [3.8, 4) is 0 Å². The van der Waals surface area contributed by atoms with Crippen LogP contribution >= 0.6 is 47.1 Å². The second kappa shape index (κ2) is 10.3. The topological polar surface area (TPSA) is 125 Å². The molecule has 1 aromatic heterocycles. The number of benzene rings is 1. The molecule has 2 aliphatic heterocycles. The molecule has 3 heterocycles. The highest BCUT2D eigenvalue weighted by molar-refractivity contribution is 8.30. The number of carbonyl (C=O) groups is 3. The van der Waals surface area contributed by atoms with Crippen molar-refractivity contribution in [2.75, 3.05) is 18.0 Å². The summed E-state index contributed by atoms with van der Waals surface area (Å²) in [6.45, 7) is 8.53. The molecular formula is C22H16N4O6S4. The minimum atomic E-state index is -1.27. The summed E-state index contributed by atoms with van der Waals surface area (Å²) in [5.41, 5.74) is 0.820. The average molecular weight is 561 g/mol. The van der Waals surface area contributed by atoms with Gasteiger partial charge in [0.1, 0.15) is 27.0 Å². The highest BCUT2D eigenvalue weighted by atomic mass is 32.2. The third-order valence-corrected chi connectivity index (χ3v) is 8.92. The molecule has 4 rings (SSSR count). The molecule has 0 aliphatic carbocycles. The van der Waals surface area contributed by atoms with Gasteiger partial charge in [0.2, 0.25) is 0 Å². The Hall–Kier alpha value is -3.38. The zero-order valence-electron chi connectivity index (χ0n) is 18.5. The van der Waals surface area contributed by atoms with Crippen LogP contribution < -0.4 is 19.7 Å². The maximum Gasteiger partial charge on any atom is 0.323 e. The quantitative estimate of drug-likeness (QED) is 0.400. The number of aliphatic carboxylic acids is 2. The van der Waals surface area contributed by atoms with Gasteiger partial charge in [0.25, 0.3) is 11.5 Å². The number of rotatable bonds is 6. The molecule has 2 aliphatic rings. The fourth-order valence-corrected chi connectivity index (χ4v) is 7.10. The molecule has 0 bridgehead atoms. The average Bonchev–Trinajstić information content (AvgIpc) is 3.43. The predicted molar refractivity (Wildman–Crippen MR) is 143 cm³/mol. The number of nitrogens with zero attached hydrogens (tertiary/aromatic N) is 4. The van der Waals surface area contributed by atoms with Crippen LogP contribution in [0.1, 0.15) is 6.92 Å². The maximum atomic E-state index is 13.1. The van der Waals surface area contributed by atoms with Crippen molar-refractivity contribution in [3.63, 3.8) is 0 Å². The van der Waals surface area contributed by atoms with Crippen molar-refractivity contribution in [2.24, 2.45) is 0 Å². The molecule has 184 valence electrons. The fourth-order valence-electron chi connectivity index (χ4n) is 3.54. The standard InChI is InChI=1S/C22H16N4O6S4/c1-3-24-12-8-11(23-2)4-5-13(12)34-15(24)7-6-14-19(31)25(9-16(27)28)21(35-14)18-20(32)26(10-17(29)30)22(33)36-18/h4-8H,3,9-10H2,1H3,(H,27,28)(H,29,30)/b14-6+,15-7-,21-18-. The van der Waals surface area contributed by atoms with Crippen molar-refractivity contribution in [3.05, 3.63) is 60.3 Å². The van der Waals surface area contributed by atoms with Crippen molar-refractivity contribution < 1.29 is 24.6 Å². The van der Waals surface area contributed by atoms with Crippen molar-refractivity contribution >= 4 is 91.6 Å². The smallest absolute Gasteiger partial charge is 0.323 e. The minimum absolute atomic E-state index is 0.0152. The van der Waals surface area contributed by atoms with Crippen LogP contribution in [0.15, 0.2) is 39.0 Å². The predicted octanol–water partition coefficient (Wildman–Crippen LogP) is 1.85. The Morgan fingerprint density at radius 2 is 1.83 bits per heavy atom. The van der Waals surface area contributed by atoms with Gasteiger partial charge in [0, 0.05) is 17.1 Å². The summed E-state index contributed by atoms with van der Waals surface area (Å²) in [5, 5.41) is 19.2. The fraction of sp³-hybridized carbons (Fsp3) is 0.182. The van der Waals surface area contributed by atoms with E-state index in [0.29, 0.717) is 12.2 Å². The Labute approximate surface area is 221 Å². The Morgan fingerprint density at radius 3 is 2.47 bits per heavy atom. The lowest BCUT2D eigenvalue weighted by Gasteiger charge is -2.17. The van der Waals surface area contributed by atoms with Gasteiger partial charge in [-0.05, 0) is 25.1 Å². The third-order valence-electron chi connectivity index (χ3n) is 5.07. The molecule has 0 saturated carbocycles. The van der Waals surface area contributed by atoms with Gasteiger partial charge in [-0.25, -0.2) is 4.85 Å². The summed E-state index contributed by atoms with van der Waals surface area (Å²) >= 11 is 8.38. The third kappa shape index (κ3) is 4.82. The molecule has 1 saturated heterocycles. The van der Waals surface area contributed by atoms with E-state index in [1.165, 1.54) is 11.8 Å². The van der Waals surface area contributed by atoms with Crippen LogP contribution in [0, 0.1) is 6.57 Å². The molecular weight excluding hydrogens is 545 g/mol. The SMILES string of the molecule is [C-]#[N+]c1ccc2c(c1)N(CC)/C(=C/C=c1/s/c(=C3\SC(=S)N(CC(=O)O)C3=O)n(CC(=O)O)c1=O)S2. The molecule has 0 unspecified atom stereocenters. The van der Waals surface area contributed by atoms with Crippen LogP contribution in [0.2, 0.25) is 0 Å². The summed E-state index contributed by atoms with van der Waals surface area (Å²) in [5.74, 6) is -3.20. The number of carboxylic acids is 2. The molecule has 0 spiro atoms. The van der Waals surface area contributed by atoms with Crippen LogP contribution in [0.25, 0.3) is 15.8 Å². The molecule has 36 heavy (non-hydrogen) atoms. The number of aromatic nitrogens is 1. The van der Waals surface area contributed by atoms with E-state index >= 15 is 0 Å². The lowest BCUT2D eigenvalue weighted by molar-refractivity contribution is -0.140. The molecule has 1 aromatic carbocycles. The summed E-state index contributed by atoms with van der Waals surface area (Å²) in [7, 11) is 0. The van der Waals surface area contributed by atoms with E-state index in [9.17, 15) is 24.3 Å². The van der Waals surface area contributed by atoms with Crippen LogP contribution in [0.4, 0.5) is 11.4 Å². The molecule has 10 nitrogen and oxygen atoms in total. The van der Waals surface area contributed by atoms with Gasteiger partial charge in [-0.15, -0.1) is 11.3 Å². The van der Waals surface area contributed by atoms with E-state index in [-0.39, 0.29) is 18.4 Å². The molecule has 0 radical (unpaired) electrons. The number of hydrogen-bond acceptors (Lipinski definition) is 9. The van der Waals surface area contributed by atoms with E-state index in [4.69, 9.17) is 23.9 Å². The number of hydrogen-bond donors (Lipinski definition) is 2. The van der Waals surface area contributed by atoms with Gasteiger partial charge in [-0.3, -0.25) is 28.6 Å². The minimum Gasteiger partial charge on any atom is -0.480 e. The highest BCUT2D eigenvalue weighted by Crippen LogP contribution is 2.47. The number of amides is 1. The van der Waals surface area contributed by atoms with E-state index < -0.39 is 36.5 Å². The Kier molecular flexibility index (Phi) is 7.36. The van der Waals surface area contributed by atoms with Crippen LogP contribution in [-0.4, -0.2) is 54.9 Å². The number of thioether (sulfide) groups is 2. The van der Waals surface area contributed by atoms with Gasteiger partial charge in [0.05, 0.1) is 16.1 Å². The molecule has 1 fully saturated rings. The molecule has 14 heteroatoms. The van der Waals surface area contributed by atoms with Crippen LogP contribution in [-0.2, 0) is 20.9 Å². The monoisotopic (exact) mass is 560 g/mol. The van der Waals surface area contributed by atoms with E-state index in [1.807, 2.05) is 17.9 Å². The number of allylic oxidation sites excluding steroid dienone is 1. The normalized spacial score (nSPS) is 18.2. The van der Waals surface area contributed by atoms with Crippen molar-refractivity contribution in [2.45, 2.75) is 18.4 Å². The Balaban J connectivity index is 1.82. The first-order valence-corrected chi connectivity index (χ1v) is 13.1. The number of thiocarbonyl (C=S) groups is 1. The summed E-state index contributed by atoms with van der Waals surface area (Å²) in [4.78, 5) is 55.9. The van der Waals surface area contributed by atoms with Gasteiger partial charge < -0.3 is 15.1 Å². The number of carbonyl (C=O) groups excluding carboxylic acids is 1. The maximum absolute atomic E-state index is 13.1. The van der Waals surface area contributed by atoms with Crippen molar-refractivity contribution in [1.29, 1.82) is 0 Å². The number of fused-ring (bicyclic) bond motifs is 1. The number of carboxylic acid groups (broad SMARTS) is 2. The van der Waals surface area contributed by atoms with Gasteiger partial charge in [-0.2, -0.15) is 0 Å². The molecule has 2 N–H and O–H groups in total. The molecule has 2 aromatic rings. The first-order chi connectivity index (χ1) is 17.1. The van der Waals surface area contributed by atoms with Gasteiger partial charge >= 0.3 is 11.9 Å². The zero-order valence-corrected chi connectivity index (χ0v) is 21.7.